The second kappa shape index (κ2) is 10.3. The molecule has 0 aliphatic rings. The van der Waals surface area contributed by atoms with Crippen molar-refractivity contribution in [2.24, 2.45) is 0 Å². The SMILES string of the molecule is O=C(Nc1nc(-c2ccc([N+](=O)[O-])cc2)c(-c2ccccc2)s1)C(c1ccccc1)c1ccccc1. The molecule has 0 spiro atoms. The minimum Gasteiger partial charge on any atom is -0.301 e. The first-order valence-electron chi connectivity index (χ1n) is 11.3. The summed E-state index contributed by atoms with van der Waals surface area (Å²) in [4.78, 5) is 29.9. The Kier molecular flexibility index (Phi) is 6.64. The highest BCUT2D eigenvalue weighted by Gasteiger charge is 2.25. The number of benzene rings is 4. The fraction of sp³-hybridized carbons (Fsp3) is 0.0345. The smallest absolute Gasteiger partial charge is 0.269 e. The van der Waals surface area contributed by atoms with Crippen molar-refractivity contribution in [1.82, 2.24) is 4.98 Å². The number of amides is 1. The molecule has 1 aromatic heterocycles. The molecule has 0 bridgehead atoms. The van der Waals surface area contributed by atoms with Crippen LogP contribution in [0.3, 0.4) is 0 Å². The highest BCUT2D eigenvalue weighted by atomic mass is 32.1. The van der Waals surface area contributed by atoms with Crippen molar-refractivity contribution in [1.29, 1.82) is 0 Å². The van der Waals surface area contributed by atoms with Gasteiger partial charge in [-0.05, 0) is 28.8 Å². The largest absolute Gasteiger partial charge is 0.301 e. The van der Waals surface area contributed by atoms with Crippen LogP contribution in [0.2, 0.25) is 0 Å². The molecule has 5 aromatic rings. The zero-order valence-corrected chi connectivity index (χ0v) is 19.9. The molecule has 0 unspecified atom stereocenters. The molecule has 0 saturated heterocycles. The van der Waals surface area contributed by atoms with Gasteiger partial charge in [-0.25, -0.2) is 4.98 Å². The van der Waals surface area contributed by atoms with Gasteiger partial charge in [0, 0.05) is 17.7 Å². The van der Waals surface area contributed by atoms with E-state index in [1.807, 2.05) is 91.0 Å². The van der Waals surface area contributed by atoms with Crippen molar-refractivity contribution in [3.8, 4) is 21.7 Å². The van der Waals surface area contributed by atoms with Crippen LogP contribution >= 0.6 is 11.3 Å². The third-order valence-electron chi connectivity index (χ3n) is 5.77. The van der Waals surface area contributed by atoms with Gasteiger partial charge in [0.05, 0.1) is 21.4 Å². The Morgan fingerprint density at radius 2 is 1.28 bits per heavy atom. The Balaban J connectivity index is 1.53. The zero-order chi connectivity index (χ0) is 24.9. The standard InChI is InChI=1S/C29H21N3O3S/c33-28(25(20-10-4-1-5-11-20)21-12-6-2-7-13-21)31-29-30-26(22-16-18-24(19-17-22)32(34)35)27(36-29)23-14-8-3-9-15-23/h1-19,25H,(H,30,31,33). The number of thiazole rings is 1. The first-order valence-corrected chi connectivity index (χ1v) is 12.1. The summed E-state index contributed by atoms with van der Waals surface area (Å²) in [5.41, 5.74) is 4.13. The molecular weight excluding hydrogens is 470 g/mol. The minimum atomic E-state index is -0.501. The van der Waals surface area contributed by atoms with E-state index in [2.05, 4.69) is 5.32 Å². The Bertz CT molecular complexity index is 1450. The normalized spacial score (nSPS) is 10.8. The number of non-ortho nitro benzene ring substituents is 1. The highest BCUT2D eigenvalue weighted by molar-refractivity contribution is 7.19. The fourth-order valence-corrected chi connectivity index (χ4v) is 5.06. The summed E-state index contributed by atoms with van der Waals surface area (Å²) >= 11 is 1.38. The predicted molar refractivity (Wildman–Crippen MR) is 143 cm³/mol. The molecule has 176 valence electrons. The molecule has 0 atom stereocenters. The van der Waals surface area contributed by atoms with Gasteiger partial charge in [0.25, 0.3) is 5.69 Å². The van der Waals surface area contributed by atoms with E-state index < -0.39 is 10.8 Å². The molecule has 0 aliphatic carbocycles. The van der Waals surface area contributed by atoms with Crippen LogP contribution in [0.25, 0.3) is 21.7 Å². The van der Waals surface area contributed by atoms with Crippen LogP contribution < -0.4 is 5.32 Å². The molecule has 7 heteroatoms. The van der Waals surface area contributed by atoms with Crippen molar-refractivity contribution < 1.29 is 9.72 Å². The number of rotatable bonds is 7. The molecule has 1 N–H and O–H groups in total. The average Bonchev–Trinajstić information content (AvgIpc) is 3.34. The Hall–Kier alpha value is -4.62. The number of nitrogens with one attached hydrogen (secondary N) is 1. The van der Waals surface area contributed by atoms with Gasteiger partial charge in [0.15, 0.2) is 5.13 Å². The van der Waals surface area contributed by atoms with E-state index in [1.54, 1.807) is 12.1 Å². The second-order valence-electron chi connectivity index (χ2n) is 8.11. The van der Waals surface area contributed by atoms with Crippen LogP contribution in [0.1, 0.15) is 17.0 Å². The third kappa shape index (κ3) is 4.92. The van der Waals surface area contributed by atoms with E-state index in [9.17, 15) is 14.9 Å². The first kappa shape index (κ1) is 23.1. The van der Waals surface area contributed by atoms with E-state index in [-0.39, 0.29) is 11.6 Å². The third-order valence-corrected chi connectivity index (χ3v) is 6.79. The number of nitro groups is 1. The number of nitro benzene ring substituents is 1. The number of aromatic nitrogens is 1. The van der Waals surface area contributed by atoms with E-state index >= 15 is 0 Å². The quantitative estimate of drug-likeness (QED) is 0.193. The molecule has 1 heterocycles. The number of hydrogen-bond donors (Lipinski definition) is 1. The van der Waals surface area contributed by atoms with Crippen LogP contribution in [-0.4, -0.2) is 15.8 Å². The monoisotopic (exact) mass is 491 g/mol. The second-order valence-corrected chi connectivity index (χ2v) is 9.11. The van der Waals surface area contributed by atoms with Crippen molar-refractivity contribution in [2.75, 3.05) is 5.32 Å². The lowest BCUT2D eigenvalue weighted by Crippen LogP contribution is -2.22. The van der Waals surface area contributed by atoms with Gasteiger partial charge in [-0.3, -0.25) is 14.9 Å². The molecule has 6 nitrogen and oxygen atoms in total. The summed E-state index contributed by atoms with van der Waals surface area (Å²) < 4.78 is 0. The van der Waals surface area contributed by atoms with E-state index in [4.69, 9.17) is 4.98 Å². The fourth-order valence-electron chi connectivity index (χ4n) is 4.06. The van der Waals surface area contributed by atoms with Crippen LogP contribution in [0.15, 0.2) is 115 Å². The van der Waals surface area contributed by atoms with Crippen LogP contribution in [0, 0.1) is 10.1 Å². The maximum absolute atomic E-state index is 13.6. The summed E-state index contributed by atoms with van der Waals surface area (Å²) in [6.45, 7) is 0. The molecule has 0 fully saturated rings. The van der Waals surface area contributed by atoms with Gasteiger partial charge >= 0.3 is 0 Å². The molecule has 5 rings (SSSR count). The van der Waals surface area contributed by atoms with Gasteiger partial charge in [-0.15, -0.1) is 0 Å². The Morgan fingerprint density at radius 1 is 0.750 bits per heavy atom. The van der Waals surface area contributed by atoms with E-state index in [1.165, 1.54) is 23.5 Å². The topological polar surface area (TPSA) is 85.1 Å². The number of nitrogens with zero attached hydrogens (tertiary/aromatic N) is 2. The van der Waals surface area contributed by atoms with Gasteiger partial charge < -0.3 is 5.32 Å². The minimum absolute atomic E-state index is 0.0114. The lowest BCUT2D eigenvalue weighted by molar-refractivity contribution is -0.384. The number of carbonyl (C=O) groups is 1. The summed E-state index contributed by atoms with van der Waals surface area (Å²) in [5.74, 6) is -0.685. The van der Waals surface area contributed by atoms with Gasteiger partial charge in [-0.2, -0.15) is 0 Å². The van der Waals surface area contributed by atoms with E-state index in [0.717, 1.165) is 27.1 Å². The number of hydrogen-bond acceptors (Lipinski definition) is 5. The number of anilines is 1. The Morgan fingerprint density at radius 3 is 1.81 bits per heavy atom. The van der Waals surface area contributed by atoms with Crippen molar-refractivity contribution in [3.05, 3.63) is 137 Å². The summed E-state index contributed by atoms with van der Waals surface area (Å²) in [7, 11) is 0. The van der Waals surface area contributed by atoms with Crippen LogP contribution in [-0.2, 0) is 4.79 Å². The maximum atomic E-state index is 13.6. The molecule has 0 radical (unpaired) electrons. The zero-order valence-electron chi connectivity index (χ0n) is 19.1. The van der Waals surface area contributed by atoms with Gasteiger partial charge in [-0.1, -0.05) is 102 Å². The highest BCUT2D eigenvalue weighted by Crippen LogP contribution is 2.40. The van der Waals surface area contributed by atoms with Crippen molar-refractivity contribution >= 4 is 28.1 Å². The molecule has 36 heavy (non-hydrogen) atoms. The van der Waals surface area contributed by atoms with Gasteiger partial charge in [0.1, 0.15) is 0 Å². The lowest BCUT2D eigenvalue weighted by atomic mass is 9.90. The summed E-state index contributed by atoms with van der Waals surface area (Å²) in [6.07, 6.45) is 0. The van der Waals surface area contributed by atoms with Gasteiger partial charge in [0.2, 0.25) is 5.91 Å². The number of carbonyl (C=O) groups excluding carboxylic acids is 1. The van der Waals surface area contributed by atoms with Crippen molar-refractivity contribution in [3.63, 3.8) is 0 Å². The lowest BCUT2D eigenvalue weighted by Gasteiger charge is -2.17. The summed E-state index contributed by atoms with van der Waals surface area (Å²) in [6, 6.07) is 35.3. The Labute approximate surface area is 212 Å². The maximum Gasteiger partial charge on any atom is 0.269 e. The van der Waals surface area contributed by atoms with Crippen molar-refractivity contribution in [2.45, 2.75) is 5.92 Å². The summed E-state index contributed by atoms with van der Waals surface area (Å²) in [5, 5.41) is 14.6. The molecular formula is C29H21N3O3S. The first-order chi connectivity index (χ1) is 17.6. The van der Waals surface area contributed by atoms with Crippen LogP contribution in [0.5, 0.6) is 0 Å². The van der Waals surface area contributed by atoms with E-state index in [0.29, 0.717) is 10.8 Å². The predicted octanol–water partition coefficient (Wildman–Crippen LogP) is 7.16. The molecule has 4 aromatic carbocycles. The average molecular weight is 492 g/mol. The molecule has 0 saturated carbocycles. The molecule has 0 aliphatic heterocycles. The molecule has 1 amide bonds. The van der Waals surface area contributed by atoms with Crippen LogP contribution in [0.4, 0.5) is 10.8 Å².